The second-order valence-electron chi connectivity index (χ2n) is 4.37. The molecule has 4 atom stereocenters. The van der Waals surface area contributed by atoms with Gasteiger partial charge < -0.3 is 0 Å². The second kappa shape index (κ2) is 9.02. The van der Waals surface area contributed by atoms with Crippen molar-refractivity contribution in [1.82, 2.24) is 0 Å². The first-order valence-electron chi connectivity index (χ1n) is 6.31. The van der Waals surface area contributed by atoms with Gasteiger partial charge in [0.15, 0.2) is 18.5 Å². The summed E-state index contributed by atoms with van der Waals surface area (Å²) in [7, 11) is 0. The molecular weight excluding hydrogens is 311 g/mol. The maximum atomic E-state index is 13.4. The van der Waals surface area contributed by atoms with E-state index in [1.54, 1.807) is 30.3 Å². The third kappa shape index (κ3) is 5.65. The lowest BCUT2D eigenvalue weighted by atomic mass is 10.1. The van der Waals surface area contributed by atoms with Crippen LogP contribution in [0.2, 0.25) is 0 Å². The Bertz CT molecular complexity index is 431. The van der Waals surface area contributed by atoms with Crippen LogP contribution in [0.15, 0.2) is 30.3 Å². The van der Waals surface area contributed by atoms with Crippen LogP contribution in [-0.2, 0) is 0 Å². The molecule has 0 fully saturated rings. The summed E-state index contributed by atoms with van der Waals surface area (Å²) >= 11 is 0.765. The lowest BCUT2D eigenvalue weighted by Crippen LogP contribution is -2.36. The van der Waals surface area contributed by atoms with Gasteiger partial charge in [-0.2, -0.15) is 0 Å². The number of thioether (sulfide) groups is 1. The van der Waals surface area contributed by atoms with E-state index in [9.17, 15) is 26.7 Å². The molecule has 0 spiro atoms. The van der Waals surface area contributed by atoms with Crippen LogP contribution >= 0.6 is 11.8 Å². The van der Waals surface area contributed by atoms with E-state index in [1.165, 1.54) is 0 Å². The summed E-state index contributed by atoms with van der Waals surface area (Å²) in [5, 5.41) is -0.317. The average molecular weight is 326 g/mol. The third-order valence-electron chi connectivity index (χ3n) is 2.78. The fraction of sp³-hybridized carbons (Fsp3) is 0.500. The van der Waals surface area contributed by atoms with Crippen molar-refractivity contribution in [1.29, 1.82) is 0 Å². The fourth-order valence-corrected chi connectivity index (χ4v) is 2.40. The zero-order valence-electron chi connectivity index (χ0n) is 11.0. The number of carbonyl (C=O) groups is 1. The second-order valence-corrected chi connectivity index (χ2v) is 5.43. The van der Waals surface area contributed by atoms with Crippen molar-refractivity contribution >= 4 is 16.9 Å². The quantitative estimate of drug-likeness (QED) is 0.664. The Morgan fingerprint density at radius 1 is 1.00 bits per heavy atom. The Balaban J connectivity index is 2.36. The number of rotatable bonds is 8. The summed E-state index contributed by atoms with van der Waals surface area (Å²) in [6, 6.07) is 8.21. The van der Waals surface area contributed by atoms with Crippen molar-refractivity contribution in [2.75, 3.05) is 12.4 Å². The molecule has 0 saturated heterocycles. The van der Waals surface area contributed by atoms with Gasteiger partial charge in [-0.15, -0.1) is 0 Å². The van der Waals surface area contributed by atoms with Crippen LogP contribution in [0.1, 0.15) is 16.8 Å². The first kappa shape index (κ1) is 17.9. The van der Waals surface area contributed by atoms with E-state index in [4.69, 9.17) is 0 Å². The Hall–Kier alpha value is -1.11. The van der Waals surface area contributed by atoms with Crippen molar-refractivity contribution < 1.29 is 26.7 Å². The highest BCUT2D eigenvalue weighted by molar-refractivity contribution is 8.14. The van der Waals surface area contributed by atoms with E-state index >= 15 is 0 Å². The average Bonchev–Trinajstić information content (AvgIpc) is 2.53. The van der Waals surface area contributed by atoms with Crippen molar-refractivity contribution in [3.63, 3.8) is 0 Å². The molecule has 0 amide bonds. The standard InChI is InChI=1S/C14H15F5OS/c15-8-11(17)13(19)12(18)10(16)6-7-21-14(20)9-4-2-1-3-5-9/h1-5,10-13H,6-8H2. The molecule has 0 aromatic heterocycles. The molecule has 1 nitrogen and oxygen atoms in total. The molecule has 1 rings (SSSR count). The molecule has 21 heavy (non-hydrogen) atoms. The summed E-state index contributed by atoms with van der Waals surface area (Å²) < 4.78 is 64.0. The zero-order chi connectivity index (χ0) is 15.8. The van der Waals surface area contributed by atoms with Crippen LogP contribution < -0.4 is 0 Å². The molecule has 4 unspecified atom stereocenters. The summed E-state index contributed by atoms with van der Waals surface area (Å²) in [5.41, 5.74) is 0.416. The van der Waals surface area contributed by atoms with Crippen LogP contribution in [-0.4, -0.2) is 42.2 Å². The normalized spacial score (nSPS) is 17.0. The molecule has 0 aliphatic rings. The molecule has 0 heterocycles. The van der Waals surface area contributed by atoms with Crippen LogP contribution in [0.5, 0.6) is 0 Å². The Labute approximate surface area is 123 Å². The minimum absolute atomic E-state index is 0.0748. The number of hydrogen-bond donors (Lipinski definition) is 0. The summed E-state index contributed by atoms with van der Waals surface area (Å²) in [4.78, 5) is 11.6. The van der Waals surface area contributed by atoms with Crippen LogP contribution in [0.3, 0.4) is 0 Å². The van der Waals surface area contributed by atoms with Gasteiger partial charge in [0.05, 0.1) is 0 Å². The first-order chi connectivity index (χ1) is 9.97. The number of benzene rings is 1. The number of halogens is 5. The van der Waals surface area contributed by atoms with Gasteiger partial charge in [0.25, 0.3) is 0 Å². The van der Waals surface area contributed by atoms with Gasteiger partial charge in [-0.05, 0) is 6.42 Å². The lowest BCUT2D eigenvalue weighted by Gasteiger charge is -2.18. The zero-order valence-corrected chi connectivity index (χ0v) is 11.8. The van der Waals surface area contributed by atoms with Crippen molar-refractivity contribution in [2.24, 2.45) is 0 Å². The number of carbonyl (C=O) groups excluding carboxylic acids is 1. The largest absolute Gasteiger partial charge is 0.282 e. The minimum atomic E-state index is -2.83. The van der Waals surface area contributed by atoms with E-state index in [2.05, 4.69) is 0 Å². The SMILES string of the molecule is O=C(SCCC(F)C(F)C(F)C(F)CF)c1ccccc1. The summed E-state index contributed by atoms with van der Waals surface area (Å²) in [5.74, 6) is -0.0748. The maximum Gasteiger partial charge on any atom is 0.219 e. The van der Waals surface area contributed by atoms with Gasteiger partial charge >= 0.3 is 0 Å². The molecule has 0 aliphatic carbocycles. The molecule has 118 valence electrons. The van der Waals surface area contributed by atoms with E-state index in [1.807, 2.05) is 0 Å². The van der Waals surface area contributed by atoms with Gasteiger partial charge in [0, 0.05) is 11.3 Å². The smallest absolute Gasteiger partial charge is 0.219 e. The number of hydrogen-bond acceptors (Lipinski definition) is 2. The Morgan fingerprint density at radius 2 is 1.57 bits per heavy atom. The summed E-state index contributed by atoms with van der Waals surface area (Å²) in [6.07, 6.45) is -11.0. The highest BCUT2D eigenvalue weighted by atomic mass is 32.2. The van der Waals surface area contributed by atoms with E-state index in [-0.39, 0.29) is 10.9 Å². The van der Waals surface area contributed by atoms with Crippen LogP contribution in [0, 0.1) is 0 Å². The molecule has 0 bridgehead atoms. The van der Waals surface area contributed by atoms with Gasteiger partial charge in [-0.1, -0.05) is 42.1 Å². The van der Waals surface area contributed by atoms with Gasteiger partial charge in [0.1, 0.15) is 12.8 Å². The van der Waals surface area contributed by atoms with E-state index in [0.29, 0.717) is 5.56 Å². The third-order valence-corrected chi connectivity index (χ3v) is 3.72. The molecule has 1 aromatic carbocycles. The van der Waals surface area contributed by atoms with Gasteiger partial charge in [-0.25, -0.2) is 22.0 Å². The Morgan fingerprint density at radius 3 is 2.14 bits per heavy atom. The molecular formula is C14H15F5OS. The molecule has 0 saturated carbocycles. The maximum absolute atomic E-state index is 13.4. The van der Waals surface area contributed by atoms with Crippen LogP contribution in [0.4, 0.5) is 22.0 Å². The molecule has 7 heteroatoms. The van der Waals surface area contributed by atoms with Crippen molar-refractivity contribution in [3.05, 3.63) is 35.9 Å². The van der Waals surface area contributed by atoms with Crippen molar-refractivity contribution in [3.8, 4) is 0 Å². The predicted octanol–water partition coefficient (Wildman–Crippen LogP) is 4.27. The monoisotopic (exact) mass is 326 g/mol. The highest BCUT2D eigenvalue weighted by Crippen LogP contribution is 2.22. The van der Waals surface area contributed by atoms with E-state index < -0.39 is 37.8 Å². The Kier molecular flexibility index (Phi) is 7.71. The molecule has 0 radical (unpaired) electrons. The van der Waals surface area contributed by atoms with E-state index in [0.717, 1.165) is 11.8 Å². The van der Waals surface area contributed by atoms with Crippen molar-refractivity contribution in [2.45, 2.75) is 31.1 Å². The predicted molar refractivity (Wildman–Crippen MR) is 73.4 cm³/mol. The summed E-state index contributed by atoms with van der Waals surface area (Å²) in [6.45, 7) is -1.70. The first-order valence-corrected chi connectivity index (χ1v) is 7.30. The van der Waals surface area contributed by atoms with Gasteiger partial charge in [0.2, 0.25) is 5.12 Å². The van der Waals surface area contributed by atoms with Gasteiger partial charge in [-0.3, -0.25) is 4.79 Å². The van der Waals surface area contributed by atoms with Crippen LogP contribution in [0.25, 0.3) is 0 Å². The molecule has 0 N–H and O–H groups in total. The number of alkyl halides is 5. The fourth-order valence-electron chi connectivity index (χ4n) is 1.57. The lowest BCUT2D eigenvalue weighted by molar-refractivity contribution is 0.0236. The molecule has 0 aliphatic heterocycles. The minimum Gasteiger partial charge on any atom is -0.282 e. The topological polar surface area (TPSA) is 17.1 Å². The highest BCUT2D eigenvalue weighted by Gasteiger charge is 2.35. The molecule has 1 aromatic rings.